The Labute approximate surface area is 162 Å². The Hall–Kier alpha value is -2.61. The van der Waals surface area contributed by atoms with E-state index < -0.39 is 6.04 Å². The van der Waals surface area contributed by atoms with Crippen LogP contribution in [0.2, 0.25) is 0 Å². The first-order valence-electron chi connectivity index (χ1n) is 8.43. The number of esters is 1. The zero-order valence-electron chi connectivity index (χ0n) is 15.9. The summed E-state index contributed by atoms with van der Waals surface area (Å²) >= 11 is 1.51. The van der Waals surface area contributed by atoms with Crippen molar-refractivity contribution in [2.45, 2.75) is 19.9 Å². The fourth-order valence-corrected chi connectivity index (χ4v) is 3.95. The first-order valence-corrected chi connectivity index (χ1v) is 9.31. The lowest BCUT2D eigenvalue weighted by atomic mass is 9.94. The van der Waals surface area contributed by atoms with Gasteiger partial charge in [-0.2, -0.15) is 0 Å². The van der Waals surface area contributed by atoms with Crippen molar-refractivity contribution in [1.29, 1.82) is 0 Å². The summed E-state index contributed by atoms with van der Waals surface area (Å²) in [7, 11) is 4.68. The number of ether oxygens (including phenoxy) is 4. The number of methoxy groups -OCH3 is 3. The monoisotopic (exact) mass is 390 g/mol. The summed E-state index contributed by atoms with van der Waals surface area (Å²) in [6, 6.07) is 3.29. The molecule has 0 spiro atoms. The molecule has 0 amide bonds. The summed E-state index contributed by atoms with van der Waals surface area (Å²) in [4.78, 5) is 19.2. The number of amidine groups is 1. The van der Waals surface area contributed by atoms with Crippen LogP contribution in [0.5, 0.6) is 17.2 Å². The number of nitrogens with zero attached hydrogens (tertiary/aromatic N) is 2. The van der Waals surface area contributed by atoms with Crippen LogP contribution in [0.4, 0.5) is 0 Å². The molecular formula is C19H22N2O5S. The first kappa shape index (κ1) is 19.2. The molecule has 0 aromatic heterocycles. The van der Waals surface area contributed by atoms with E-state index in [-0.39, 0.29) is 5.97 Å². The van der Waals surface area contributed by atoms with E-state index in [1.54, 1.807) is 28.3 Å². The average Bonchev–Trinajstić information content (AvgIpc) is 3.13. The maximum absolute atomic E-state index is 12.7. The third-order valence-electron chi connectivity index (χ3n) is 4.32. The van der Waals surface area contributed by atoms with Crippen LogP contribution in [0, 0.1) is 0 Å². The highest BCUT2D eigenvalue weighted by molar-refractivity contribution is 8.16. The fourth-order valence-electron chi connectivity index (χ4n) is 3.16. The van der Waals surface area contributed by atoms with Crippen LogP contribution in [0.1, 0.15) is 25.5 Å². The maximum Gasteiger partial charge on any atom is 0.338 e. The van der Waals surface area contributed by atoms with Crippen molar-refractivity contribution in [1.82, 2.24) is 4.90 Å². The van der Waals surface area contributed by atoms with Crippen molar-refractivity contribution in [2.75, 3.05) is 27.9 Å². The largest absolute Gasteiger partial charge is 0.493 e. The Balaban J connectivity index is 2.18. The molecule has 3 rings (SSSR count). The van der Waals surface area contributed by atoms with E-state index in [9.17, 15) is 4.79 Å². The molecule has 0 saturated heterocycles. The van der Waals surface area contributed by atoms with E-state index in [2.05, 4.69) is 4.99 Å². The molecule has 0 fully saturated rings. The highest BCUT2D eigenvalue weighted by Crippen LogP contribution is 2.46. The molecule has 2 heterocycles. The predicted octanol–water partition coefficient (Wildman–Crippen LogP) is 3.48. The van der Waals surface area contributed by atoms with E-state index in [4.69, 9.17) is 18.9 Å². The highest BCUT2D eigenvalue weighted by Gasteiger charge is 2.38. The van der Waals surface area contributed by atoms with Gasteiger partial charge >= 0.3 is 5.97 Å². The lowest BCUT2D eigenvalue weighted by Crippen LogP contribution is -2.34. The molecule has 2 aliphatic heterocycles. The molecule has 0 aliphatic carbocycles. The Bertz CT molecular complexity index is 821. The van der Waals surface area contributed by atoms with Crippen molar-refractivity contribution >= 4 is 22.9 Å². The van der Waals surface area contributed by atoms with Gasteiger partial charge in [-0.3, -0.25) is 0 Å². The van der Waals surface area contributed by atoms with Crippen molar-refractivity contribution < 1.29 is 23.7 Å². The summed E-state index contributed by atoms with van der Waals surface area (Å²) in [5.41, 5.74) is 1.93. The Morgan fingerprint density at radius 2 is 1.85 bits per heavy atom. The quantitative estimate of drug-likeness (QED) is 0.689. The number of carbonyl (C=O) groups is 1. The molecule has 1 aromatic carbocycles. The third-order valence-corrected chi connectivity index (χ3v) is 5.09. The number of aliphatic imine (C=N–C) groups is 1. The van der Waals surface area contributed by atoms with Crippen LogP contribution in [-0.4, -0.2) is 44.0 Å². The second-order valence-electron chi connectivity index (χ2n) is 5.79. The van der Waals surface area contributed by atoms with Crippen LogP contribution in [0.25, 0.3) is 0 Å². The predicted molar refractivity (Wildman–Crippen MR) is 104 cm³/mol. The van der Waals surface area contributed by atoms with Gasteiger partial charge in [0.05, 0.1) is 45.2 Å². The minimum atomic E-state index is -0.406. The molecule has 27 heavy (non-hydrogen) atoms. The van der Waals surface area contributed by atoms with Gasteiger partial charge in [0.25, 0.3) is 0 Å². The average molecular weight is 390 g/mol. The number of allylic oxidation sites excluding steroid dienone is 1. The Kier molecular flexibility index (Phi) is 5.65. The molecule has 8 heteroatoms. The molecule has 144 valence electrons. The lowest BCUT2D eigenvalue weighted by Gasteiger charge is -2.33. The second kappa shape index (κ2) is 7.96. The van der Waals surface area contributed by atoms with Crippen molar-refractivity contribution in [3.8, 4) is 17.2 Å². The number of thioether (sulfide) groups is 1. The fraction of sp³-hybridized carbons (Fsp3) is 0.368. The van der Waals surface area contributed by atoms with Crippen LogP contribution < -0.4 is 14.2 Å². The smallest absolute Gasteiger partial charge is 0.338 e. The number of hydrogen-bond acceptors (Lipinski definition) is 8. The number of fused-ring (bicyclic) bond motifs is 1. The minimum Gasteiger partial charge on any atom is -0.493 e. The van der Waals surface area contributed by atoms with Crippen LogP contribution in [0.15, 0.2) is 40.0 Å². The normalized spacial score (nSPS) is 18.2. The van der Waals surface area contributed by atoms with Gasteiger partial charge < -0.3 is 23.8 Å². The maximum atomic E-state index is 12.7. The van der Waals surface area contributed by atoms with Gasteiger partial charge in [-0.15, -0.1) is 0 Å². The lowest BCUT2D eigenvalue weighted by molar-refractivity contribution is -0.139. The summed E-state index contributed by atoms with van der Waals surface area (Å²) in [5.74, 6) is 1.15. The van der Waals surface area contributed by atoms with Gasteiger partial charge in [0, 0.05) is 6.20 Å². The molecule has 1 atom stereocenters. The van der Waals surface area contributed by atoms with Gasteiger partial charge in [0.15, 0.2) is 16.7 Å². The van der Waals surface area contributed by atoms with Gasteiger partial charge in [0.2, 0.25) is 5.75 Å². The molecule has 0 radical (unpaired) electrons. The molecule has 1 aromatic rings. The van der Waals surface area contributed by atoms with Crippen LogP contribution in [0.3, 0.4) is 0 Å². The van der Waals surface area contributed by atoms with E-state index in [0.29, 0.717) is 35.1 Å². The number of carbonyl (C=O) groups excluding carboxylic acids is 1. The van der Waals surface area contributed by atoms with Gasteiger partial charge in [-0.05, 0) is 37.0 Å². The first-order chi connectivity index (χ1) is 13.0. The van der Waals surface area contributed by atoms with Crippen LogP contribution in [-0.2, 0) is 9.53 Å². The van der Waals surface area contributed by atoms with Crippen molar-refractivity contribution in [3.63, 3.8) is 0 Å². The standard InChI is InChI=1S/C19H22N2O5S/c1-6-26-18(22)15-11(2)20-19-21(7-8-27-19)16(15)12-9-13(23-3)17(25-5)14(10-12)24-4/h7-10,16H,6H2,1-5H3/t16-/m0/s1. The second-order valence-corrected chi connectivity index (χ2v) is 6.66. The van der Waals surface area contributed by atoms with Gasteiger partial charge in [0.1, 0.15) is 0 Å². The van der Waals surface area contributed by atoms with E-state index >= 15 is 0 Å². The van der Waals surface area contributed by atoms with Crippen molar-refractivity contribution in [3.05, 3.63) is 40.6 Å². The molecule has 0 saturated carbocycles. The molecule has 0 N–H and O–H groups in total. The zero-order chi connectivity index (χ0) is 19.6. The Morgan fingerprint density at radius 1 is 1.19 bits per heavy atom. The Morgan fingerprint density at radius 3 is 2.41 bits per heavy atom. The molecule has 7 nitrogen and oxygen atoms in total. The molecule has 0 bridgehead atoms. The highest BCUT2D eigenvalue weighted by atomic mass is 32.2. The van der Waals surface area contributed by atoms with Crippen molar-refractivity contribution in [2.24, 2.45) is 4.99 Å². The topological polar surface area (TPSA) is 69.6 Å². The minimum absolute atomic E-state index is 0.290. The third kappa shape index (κ3) is 3.37. The van der Waals surface area contributed by atoms with E-state index in [1.165, 1.54) is 11.8 Å². The number of benzene rings is 1. The molecular weight excluding hydrogens is 368 g/mol. The summed E-state index contributed by atoms with van der Waals surface area (Å²) < 4.78 is 21.7. The zero-order valence-corrected chi connectivity index (χ0v) is 16.8. The van der Waals surface area contributed by atoms with Gasteiger partial charge in [-0.25, -0.2) is 9.79 Å². The summed E-state index contributed by atoms with van der Waals surface area (Å²) in [5, 5.41) is 2.74. The van der Waals surface area contributed by atoms with E-state index in [0.717, 1.165) is 10.7 Å². The molecule has 2 aliphatic rings. The summed E-state index contributed by atoms with van der Waals surface area (Å²) in [6.07, 6.45) is 1.91. The van der Waals surface area contributed by atoms with Crippen LogP contribution >= 0.6 is 11.8 Å². The SMILES string of the molecule is CCOC(=O)C1=C(C)N=C2SC=CN2[C@H]1c1cc(OC)c(OC)c(OC)c1. The van der Waals surface area contributed by atoms with E-state index in [1.807, 2.05) is 35.6 Å². The molecule has 0 unspecified atom stereocenters. The number of rotatable bonds is 6. The number of hydrogen-bond donors (Lipinski definition) is 0. The van der Waals surface area contributed by atoms with Gasteiger partial charge in [-0.1, -0.05) is 11.8 Å². The summed E-state index contributed by atoms with van der Waals surface area (Å²) in [6.45, 7) is 3.89.